The molecular weight excluding hydrogens is 162 g/mol. The van der Waals surface area contributed by atoms with Crippen LogP contribution in [-0.2, 0) is 0 Å². The molecule has 1 saturated heterocycles. The zero-order chi connectivity index (χ0) is 9.84. The molecule has 0 spiro atoms. The Morgan fingerprint density at radius 1 is 1.54 bits per heavy atom. The van der Waals surface area contributed by atoms with Crippen LogP contribution in [0.2, 0.25) is 0 Å². The zero-order valence-corrected chi connectivity index (χ0v) is 8.95. The van der Waals surface area contributed by atoms with E-state index in [4.69, 9.17) is 0 Å². The standard InChI is InChI=1S/C11H21NO/c1-9(2)4-6-12-7-5-10(3)11(13)8-12/h4,10-11,13H,5-8H2,1-3H3. The predicted octanol–water partition coefficient (Wildman–Crippen LogP) is 1.66. The molecule has 2 unspecified atom stereocenters. The van der Waals surface area contributed by atoms with Gasteiger partial charge >= 0.3 is 0 Å². The monoisotopic (exact) mass is 183 g/mol. The lowest BCUT2D eigenvalue weighted by Gasteiger charge is -2.33. The first-order valence-corrected chi connectivity index (χ1v) is 5.13. The molecule has 0 aromatic rings. The largest absolute Gasteiger partial charge is 0.392 e. The Balaban J connectivity index is 2.33. The van der Waals surface area contributed by atoms with E-state index in [1.807, 2.05) is 0 Å². The molecule has 1 rings (SSSR count). The number of piperidine rings is 1. The molecule has 1 aliphatic heterocycles. The predicted molar refractivity (Wildman–Crippen MR) is 55.7 cm³/mol. The van der Waals surface area contributed by atoms with Gasteiger partial charge in [0.15, 0.2) is 0 Å². The number of nitrogens with zero attached hydrogens (tertiary/aromatic N) is 1. The van der Waals surface area contributed by atoms with Crippen LogP contribution in [0.25, 0.3) is 0 Å². The molecule has 13 heavy (non-hydrogen) atoms. The molecule has 0 saturated carbocycles. The maximum Gasteiger partial charge on any atom is 0.0693 e. The Morgan fingerprint density at radius 2 is 2.23 bits per heavy atom. The van der Waals surface area contributed by atoms with Crippen molar-refractivity contribution in [1.82, 2.24) is 4.90 Å². The SMILES string of the molecule is CC(C)=CCN1CCC(C)C(O)C1. The summed E-state index contributed by atoms with van der Waals surface area (Å²) in [7, 11) is 0. The van der Waals surface area contributed by atoms with Crippen molar-refractivity contribution < 1.29 is 5.11 Å². The molecule has 2 heteroatoms. The van der Waals surface area contributed by atoms with Gasteiger partial charge in [-0.05, 0) is 32.7 Å². The van der Waals surface area contributed by atoms with E-state index in [0.717, 1.165) is 26.1 Å². The van der Waals surface area contributed by atoms with E-state index >= 15 is 0 Å². The minimum atomic E-state index is -0.126. The van der Waals surface area contributed by atoms with E-state index < -0.39 is 0 Å². The molecule has 0 bridgehead atoms. The highest BCUT2D eigenvalue weighted by atomic mass is 16.3. The minimum Gasteiger partial charge on any atom is -0.392 e. The fraction of sp³-hybridized carbons (Fsp3) is 0.818. The fourth-order valence-corrected chi connectivity index (χ4v) is 1.59. The van der Waals surface area contributed by atoms with Crippen molar-refractivity contribution in [2.24, 2.45) is 5.92 Å². The molecule has 1 N–H and O–H groups in total. The van der Waals surface area contributed by atoms with E-state index in [0.29, 0.717) is 5.92 Å². The summed E-state index contributed by atoms with van der Waals surface area (Å²) < 4.78 is 0. The maximum absolute atomic E-state index is 9.65. The molecule has 0 radical (unpaired) electrons. The number of likely N-dealkylation sites (tertiary alicyclic amines) is 1. The van der Waals surface area contributed by atoms with Crippen molar-refractivity contribution in [1.29, 1.82) is 0 Å². The molecule has 1 heterocycles. The van der Waals surface area contributed by atoms with Crippen LogP contribution in [-0.4, -0.2) is 35.7 Å². The van der Waals surface area contributed by atoms with E-state index in [1.165, 1.54) is 5.57 Å². The third-order valence-electron chi connectivity index (χ3n) is 2.76. The van der Waals surface area contributed by atoms with Gasteiger partial charge in [-0.2, -0.15) is 0 Å². The number of hydrogen-bond donors (Lipinski definition) is 1. The normalized spacial score (nSPS) is 30.2. The molecule has 0 aromatic heterocycles. The number of hydrogen-bond acceptors (Lipinski definition) is 2. The molecule has 76 valence electrons. The van der Waals surface area contributed by atoms with Crippen LogP contribution in [0.5, 0.6) is 0 Å². The van der Waals surface area contributed by atoms with E-state index in [-0.39, 0.29) is 6.10 Å². The van der Waals surface area contributed by atoms with Crippen molar-refractivity contribution in [3.63, 3.8) is 0 Å². The number of rotatable bonds is 2. The Bertz CT molecular complexity index is 185. The van der Waals surface area contributed by atoms with Gasteiger partial charge in [0, 0.05) is 13.1 Å². The summed E-state index contributed by atoms with van der Waals surface area (Å²) in [6.45, 7) is 9.31. The van der Waals surface area contributed by atoms with E-state index in [2.05, 4.69) is 31.7 Å². The van der Waals surface area contributed by atoms with Gasteiger partial charge in [-0.3, -0.25) is 4.90 Å². The number of allylic oxidation sites excluding steroid dienone is 1. The second kappa shape index (κ2) is 4.77. The highest BCUT2D eigenvalue weighted by Crippen LogP contribution is 2.16. The third kappa shape index (κ3) is 3.49. The van der Waals surface area contributed by atoms with Crippen molar-refractivity contribution in [2.45, 2.75) is 33.3 Å². The topological polar surface area (TPSA) is 23.5 Å². The van der Waals surface area contributed by atoms with E-state index in [1.54, 1.807) is 0 Å². The lowest BCUT2D eigenvalue weighted by Crippen LogP contribution is -2.42. The van der Waals surface area contributed by atoms with Crippen LogP contribution in [0.4, 0.5) is 0 Å². The number of aliphatic hydroxyl groups excluding tert-OH is 1. The summed E-state index contributed by atoms with van der Waals surface area (Å²) in [6.07, 6.45) is 3.22. The highest BCUT2D eigenvalue weighted by molar-refractivity contribution is 4.95. The van der Waals surface area contributed by atoms with Gasteiger partial charge in [0.25, 0.3) is 0 Å². The lowest BCUT2D eigenvalue weighted by molar-refractivity contribution is 0.0342. The van der Waals surface area contributed by atoms with Crippen LogP contribution in [0.1, 0.15) is 27.2 Å². The summed E-state index contributed by atoms with van der Waals surface area (Å²) in [5.74, 6) is 0.475. The minimum absolute atomic E-state index is 0.126. The first-order valence-electron chi connectivity index (χ1n) is 5.13. The Labute approximate surface area is 81.2 Å². The van der Waals surface area contributed by atoms with Gasteiger partial charge in [-0.25, -0.2) is 0 Å². The second-order valence-electron chi connectivity index (χ2n) is 4.37. The first kappa shape index (κ1) is 10.7. The van der Waals surface area contributed by atoms with Gasteiger partial charge in [0.05, 0.1) is 6.10 Å². The Morgan fingerprint density at radius 3 is 2.77 bits per heavy atom. The molecule has 2 nitrogen and oxygen atoms in total. The van der Waals surface area contributed by atoms with Crippen LogP contribution in [0, 0.1) is 5.92 Å². The maximum atomic E-state index is 9.65. The summed E-state index contributed by atoms with van der Waals surface area (Å²) in [5, 5.41) is 9.65. The summed E-state index contributed by atoms with van der Waals surface area (Å²) in [4.78, 5) is 2.32. The van der Waals surface area contributed by atoms with Crippen LogP contribution in [0.15, 0.2) is 11.6 Å². The molecule has 1 fully saturated rings. The van der Waals surface area contributed by atoms with Gasteiger partial charge in [-0.1, -0.05) is 18.6 Å². The van der Waals surface area contributed by atoms with Crippen molar-refractivity contribution >= 4 is 0 Å². The molecule has 0 aliphatic carbocycles. The molecule has 2 atom stereocenters. The highest BCUT2D eigenvalue weighted by Gasteiger charge is 2.23. The Hall–Kier alpha value is -0.340. The van der Waals surface area contributed by atoms with Crippen LogP contribution >= 0.6 is 0 Å². The number of β-amino-alcohol motifs (C(OH)–C–C–N with tert-alkyl or cyclic N) is 1. The van der Waals surface area contributed by atoms with Gasteiger partial charge in [0.2, 0.25) is 0 Å². The number of aliphatic hydroxyl groups is 1. The molecule has 0 amide bonds. The first-order chi connectivity index (χ1) is 6.09. The third-order valence-corrected chi connectivity index (χ3v) is 2.76. The quantitative estimate of drug-likeness (QED) is 0.658. The molecule has 0 aromatic carbocycles. The summed E-state index contributed by atoms with van der Waals surface area (Å²) in [5.41, 5.74) is 1.35. The van der Waals surface area contributed by atoms with Crippen LogP contribution in [0.3, 0.4) is 0 Å². The zero-order valence-electron chi connectivity index (χ0n) is 8.95. The molecular formula is C11H21NO. The second-order valence-corrected chi connectivity index (χ2v) is 4.37. The molecule has 1 aliphatic rings. The Kier molecular flexibility index (Phi) is 3.94. The average molecular weight is 183 g/mol. The van der Waals surface area contributed by atoms with Gasteiger partial charge in [-0.15, -0.1) is 0 Å². The average Bonchev–Trinajstić information content (AvgIpc) is 2.07. The van der Waals surface area contributed by atoms with Gasteiger partial charge in [0.1, 0.15) is 0 Å². The summed E-state index contributed by atoms with van der Waals surface area (Å²) in [6, 6.07) is 0. The lowest BCUT2D eigenvalue weighted by atomic mass is 9.96. The van der Waals surface area contributed by atoms with Crippen molar-refractivity contribution in [3.05, 3.63) is 11.6 Å². The van der Waals surface area contributed by atoms with Crippen LogP contribution < -0.4 is 0 Å². The van der Waals surface area contributed by atoms with E-state index in [9.17, 15) is 5.11 Å². The summed E-state index contributed by atoms with van der Waals surface area (Å²) >= 11 is 0. The smallest absolute Gasteiger partial charge is 0.0693 e. The van der Waals surface area contributed by atoms with Crippen molar-refractivity contribution in [3.8, 4) is 0 Å². The van der Waals surface area contributed by atoms with Crippen molar-refractivity contribution in [2.75, 3.05) is 19.6 Å². The van der Waals surface area contributed by atoms with Gasteiger partial charge < -0.3 is 5.11 Å². The fourth-order valence-electron chi connectivity index (χ4n) is 1.59.